The molecule has 0 aliphatic rings. The topological polar surface area (TPSA) is 65.5 Å². The van der Waals surface area contributed by atoms with Crippen LogP contribution < -0.4 is 9.47 Å². The Morgan fingerprint density at radius 2 is 1.59 bits per heavy atom. The fraction of sp³-hybridized carbons (Fsp3) is 0.0952. The van der Waals surface area contributed by atoms with Crippen LogP contribution in [0.1, 0.15) is 33.2 Å². The van der Waals surface area contributed by atoms with Gasteiger partial charge in [-0.25, -0.2) is 14.2 Å². The average Bonchev–Trinajstić information content (AvgIpc) is 2.69. The zero-order valence-corrected chi connectivity index (χ0v) is 14.5. The Kier molecular flexibility index (Phi) is 5.56. The van der Waals surface area contributed by atoms with Crippen LogP contribution in [0.4, 0.5) is 4.39 Å². The van der Waals surface area contributed by atoms with E-state index in [1.165, 1.54) is 42.6 Å². The van der Waals surface area contributed by atoms with Crippen LogP contribution in [-0.4, -0.2) is 23.3 Å². The quantitative estimate of drug-likeness (QED) is 0.374. The highest BCUT2D eigenvalue weighted by Crippen LogP contribution is 2.20. The summed E-state index contributed by atoms with van der Waals surface area (Å²) in [6.45, 7) is 2.16. The Hall–Kier alpha value is -3.54. The van der Waals surface area contributed by atoms with E-state index in [0.29, 0.717) is 17.7 Å². The molecule has 5 nitrogen and oxygen atoms in total. The molecule has 2 aromatic carbocycles. The van der Waals surface area contributed by atoms with E-state index in [0.717, 1.165) is 0 Å². The number of halogens is 1. The van der Waals surface area contributed by atoms with Gasteiger partial charge in [0.05, 0.1) is 6.61 Å². The van der Waals surface area contributed by atoms with E-state index in [-0.39, 0.29) is 23.0 Å². The molecule has 0 spiro atoms. The van der Waals surface area contributed by atoms with Crippen LogP contribution in [0.3, 0.4) is 0 Å². The van der Waals surface area contributed by atoms with E-state index in [1.54, 1.807) is 31.2 Å². The maximum Gasteiger partial charge on any atom is 0.349 e. The Bertz CT molecular complexity index is 953. The molecule has 1 heterocycles. The molecular weight excluding hydrogens is 349 g/mol. The second kappa shape index (κ2) is 8.23. The standard InChI is InChI=1S/C21H16FNO4/c1-2-26-20-18(4-3-13-23-20)21(25)27-17-11-7-15(8-12-17)19(24)14-5-9-16(22)10-6-14/h3-13H,2H2,1H3. The number of hydrogen-bond donors (Lipinski definition) is 0. The zero-order valence-electron chi connectivity index (χ0n) is 14.5. The largest absolute Gasteiger partial charge is 0.477 e. The molecular formula is C21H16FNO4. The van der Waals surface area contributed by atoms with Gasteiger partial charge in [0.25, 0.3) is 0 Å². The predicted octanol–water partition coefficient (Wildman–Crippen LogP) is 4.07. The number of aromatic nitrogens is 1. The van der Waals surface area contributed by atoms with Crippen LogP contribution in [0.2, 0.25) is 0 Å². The van der Waals surface area contributed by atoms with Gasteiger partial charge in [0.15, 0.2) is 5.78 Å². The third kappa shape index (κ3) is 4.36. The first-order valence-corrected chi connectivity index (χ1v) is 8.29. The second-order valence-corrected chi connectivity index (χ2v) is 5.54. The van der Waals surface area contributed by atoms with Crippen molar-refractivity contribution in [2.75, 3.05) is 6.61 Å². The van der Waals surface area contributed by atoms with Crippen LogP contribution in [0.25, 0.3) is 0 Å². The Balaban J connectivity index is 1.73. The number of hydrogen-bond acceptors (Lipinski definition) is 5. The predicted molar refractivity (Wildman–Crippen MR) is 96.6 cm³/mol. The van der Waals surface area contributed by atoms with Gasteiger partial charge in [-0.3, -0.25) is 4.79 Å². The molecule has 0 N–H and O–H groups in total. The van der Waals surface area contributed by atoms with E-state index in [9.17, 15) is 14.0 Å². The number of esters is 1. The molecule has 0 saturated heterocycles. The fourth-order valence-corrected chi connectivity index (χ4v) is 2.40. The van der Waals surface area contributed by atoms with Crippen molar-refractivity contribution < 1.29 is 23.5 Å². The first-order chi connectivity index (χ1) is 13.1. The molecule has 0 aliphatic carbocycles. The van der Waals surface area contributed by atoms with Crippen molar-refractivity contribution >= 4 is 11.8 Å². The van der Waals surface area contributed by atoms with Gasteiger partial charge in [0, 0.05) is 17.3 Å². The molecule has 3 rings (SSSR count). The summed E-state index contributed by atoms with van der Waals surface area (Å²) in [5.41, 5.74) is 0.987. The van der Waals surface area contributed by atoms with Gasteiger partial charge in [0.1, 0.15) is 17.1 Å². The molecule has 27 heavy (non-hydrogen) atoms. The lowest BCUT2D eigenvalue weighted by molar-refractivity contribution is 0.0729. The van der Waals surface area contributed by atoms with E-state index >= 15 is 0 Å². The number of carbonyl (C=O) groups excluding carboxylic acids is 2. The first kappa shape index (κ1) is 18.3. The van der Waals surface area contributed by atoms with Crippen LogP contribution in [0.15, 0.2) is 66.9 Å². The highest BCUT2D eigenvalue weighted by atomic mass is 19.1. The van der Waals surface area contributed by atoms with Crippen LogP contribution in [0, 0.1) is 5.82 Å². The van der Waals surface area contributed by atoms with Gasteiger partial charge in [-0.15, -0.1) is 0 Å². The van der Waals surface area contributed by atoms with Crippen molar-refractivity contribution in [1.29, 1.82) is 0 Å². The van der Waals surface area contributed by atoms with Crippen LogP contribution >= 0.6 is 0 Å². The lowest BCUT2D eigenvalue weighted by Gasteiger charge is -2.09. The number of ether oxygens (including phenoxy) is 2. The van der Waals surface area contributed by atoms with Crippen molar-refractivity contribution in [2.45, 2.75) is 6.92 Å². The Morgan fingerprint density at radius 1 is 0.963 bits per heavy atom. The lowest BCUT2D eigenvalue weighted by Crippen LogP contribution is -2.12. The van der Waals surface area contributed by atoms with Gasteiger partial charge in [-0.1, -0.05) is 0 Å². The maximum absolute atomic E-state index is 13.0. The van der Waals surface area contributed by atoms with E-state index < -0.39 is 11.8 Å². The normalized spacial score (nSPS) is 10.3. The fourth-order valence-electron chi connectivity index (χ4n) is 2.40. The van der Waals surface area contributed by atoms with E-state index in [1.807, 2.05) is 0 Å². The number of carbonyl (C=O) groups is 2. The summed E-state index contributed by atoms with van der Waals surface area (Å²) in [5.74, 6) is -0.784. The van der Waals surface area contributed by atoms with Crippen molar-refractivity contribution in [1.82, 2.24) is 4.98 Å². The molecule has 0 radical (unpaired) electrons. The summed E-state index contributed by atoms with van der Waals surface area (Å²) in [4.78, 5) is 28.7. The monoisotopic (exact) mass is 365 g/mol. The minimum absolute atomic E-state index is 0.202. The highest BCUT2D eigenvalue weighted by molar-refractivity contribution is 6.09. The van der Waals surface area contributed by atoms with Crippen LogP contribution in [-0.2, 0) is 0 Å². The molecule has 136 valence electrons. The summed E-state index contributed by atoms with van der Waals surface area (Å²) < 4.78 is 23.6. The molecule has 0 atom stereocenters. The number of pyridine rings is 1. The number of ketones is 1. The van der Waals surface area contributed by atoms with Gasteiger partial charge >= 0.3 is 5.97 Å². The van der Waals surface area contributed by atoms with Gasteiger partial charge in [-0.2, -0.15) is 0 Å². The lowest BCUT2D eigenvalue weighted by atomic mass is 10.0. The van der Waals surface area contributed by atoms with Crippen molar-refractivity contribution in [3.05, 3.63) is 89.4 Å². The molecule has 0 aliphatic heterocycles. The SMILES string of the molecule is CCOc1ncccc1C(=O)Oc1ccc(C(=O)c2ccc(F)cc2)cc1. The van der Waals surface area contributed by atoms with E-state index in [2.05, 4.69) is 4.98 Å². The third-order valence-corrected chi connectivity index (χ3v) is 3.71. The maximum atomic E-state index is 13.0. The number of rotatable bonds is 6. The summed E-state index contributed by atoms with van der Waals surface area (Å²) >= 11 is 0. The van der Waals surface area contributed by atoms with Crippen molar-refractivity contribution in [2.24, 2.45) is 0 Å². The van der Waals surface area contributed by atoms with Crippen molar-refractivity contribution in [3.8, 4) is 11.6 Å². The molecule has 3 aromatic rings. The number of benzene rings is 2. The highest BCUT2D eigenvalue weighted by Gasteiger charge is 2.16. The van der Waals surface area contributed by atoms with Gasteiger partial charge in [0.2, 0.25) is 5.88 Å². The molecule has 0 saturated carbocycles. The Morgan fingerprint density at radius 3 is 2.22 bits per heavy atom. The molecule has 0 fully saturated rings. The molecule has 6 heteroatoms. The molecule has 0 bridgehead atoms. The molecule has 0 amide bonds. The smallest absolute Gasteiger partial charge is 0.349 e. The zero-order chi connectivity index (χ0) is 19.2. The number of nitrogens with zero attached hydrogens (tertiary/aromatic N) is 1. The summed E-state index contributed by atoms with van der Waals surface area (Å²) in [7, 11) is 0. The van der Waals surface area contributed by atoms with Gasteiger partial charge < -0.3 is 9.47 Å². The van der Waals surface area contributed by atoms with E-state index in [4.69, 9.17) is 9.47 Å². The molecule has 1 aromatic heterocycles. The first-order valence-electron chi connectivity index (χ1n) is 8.29. The second-order valence-electron chi connectivity index (χ2n) is 5.54. The van der Waals surface area contributed by atoms with Crippen molar-refractivity contribution in [3.63, 3.8) is 0 Å². The average molecular weight is 365 g/mol. The minimum Gasteiger partial charge on any atom is -0.477 e. The van der Waals surface area contributed by atoms with Crippen LogP contribution in [0.5, 0.6) is 11.6 Å². The molecule has 0 unspecified atom stereocenters. The summed E-state index contributed by atoms with van der Waals surface area (Å²) in [5, 5.41) is 0. The third-order valence-electron chi connectivity index (χ3n) is 3.71. The summed E-state index contributed by atoms with van der Waals surface area (Å²) in [6, 6.07) is 14.6. The van der Waals surface area contributed by atoms with Gasteiger partial charge in [-0.05, 0) is 67.6 Å². The summed E-state index contributed by atoms with van der Waals surface area (Å²) in [6.07, 6.45) is 1.53. The minimum atomic E-state index is -0.607. The Labute approximate surface area is 155 Å².